The highest BCUT2D eigenvalue weighted by Gasteiger charge is 2.30. The second-order valence-electron chi connectivity index (χ2n) is 6.15. The summed E-state index contributed by atoms with van der Waals surface area (Å²) in [4.78, 5) is 12.3. The Morgan fingerprint density at radius 2 is 2.08 bits per heavy atom. The molecule has 0 saturated heterocycles. The number of ether oxygens (including phenoxy) is 1. The fourth-order valence-corrected chi connectivity index (χ4v) is 3.28. The molecule has 4 rings (SSSR count). The topological polar surface area (TPSA) is 56.1 Å². The van der Waals surface area contributed by atoms with Crippen molar-refractivity contribution in [3.05, 3.63) is 71.7 Å². The van der Waals surface area contributed by atoms with Crippen LogP contribution in [-0.2, 0) is 4.79 Å². The fourth-order valence-electron chi connectivity index (χ4n) is 3.28. The molecule has 1 atom stereocenters. The first-order valence-electron chi connectivity index (χ1n) is 8.52. The maximum absolute atomic E-state index is 13.6. The second kappa shape index (κ2) is 6.63. The van der Waals surface area contributed by atoms with E-state index in [9.17, 15) is 9.18 Å². The molecule has 0 aliphatic carbocycles. The van der Waals surface area contributed by atoms with Gasteiger partial charge in [0, 0.05) is 17.9 Å². The number of carbonyl (C=O) groups is 1. The van der Waals surface area contributed by atoms with Crippen LogP contribution in [0.4, 0.5) is 10.2 Å². The second-order valence-corrected chi connectivity index (χ2v) is 6.15. The van der Waals surface area contributed by atoms with Crippen molar-refractivity contribution >= 4 is 11.7 Å². The van der Waals surface area contributed by atoms with E-state index in [4.69, 9.17) is 4.74 Å². The molecule has 1 unspecified atom stereocenters. The molecule has 0 bridgehead atoms. The minimum absolute atomic E-state index is 0.0884. The van der Waals surface area contributed by atoms with Crippen LogP contribution in [0.15, 0.2) is 54.7 Å². The van der Waals surface area contributed by atoms with E-state index in [1.165, 1.54) is 12.1 Å². The molecule has 6 heteroatoms. The molecule has 1 aromatic heterocycles. The first-order chi connectivity index (χ1) is 12.7. The third-order valence-corrected chi connectivity index (χ3v) is 4.47. The van der Waals surface area contributed by atoms with Gasteiger partial charge in [0.2, 0.25) is 5.91 Å². The van der Waals surface area contributed by atoms with Crippen LogP contribution in [-0.4, -0.2) is 22.3 Å². The Kier molecular flexibility index (Phi) is 4.16. The number of nitrogens with one attached hydrogen (secondary N) is 1. The van der Waals surface area contributed by atoms with Crippen molar-refractivity contribution in [2.45, 2.75) is 19.3 Å². The summed E-state index contributed by atoms with van der Waals surface area (Å²) in [6.45, 7) is 2.54. The lowest BCUT2D eigenvalue weighted by Gasteiger charge is -2.24. The van der Waals surface area contributed by atoms with Gasteiger partial charge in [-0.1, -0.05) is 18.2 Å². The van der Waals surface area contributed by atoms with Crippen molar-refractivity contribution in [3.63, 3.8) is 0 Å². The molecule has 0 saturated carbocycles. The largest absolute Gasteiger partial charge is 0.494 e. The summed E-state index contributed by atoms with van der Waals surface area (Å²) in [6, 6.07) is 13.9. The molecular formula is C20H18FN3O2. The van der Waals surface area contributed by atoms with Crippen molar-refractivity contribution < 1.29 is 13.9 Å². The van der Waals surface area contributed by atoms with Crippen LogP contribution < -0.4 is 10.1 Å². The minimum Gasteiger partial charge on any atom is -0.494 e. The van der Waals surface area contributed by atoms with E-state index in [0.717, 1.165) is 16.9 Å². The highest BCUT2D eigenvalue weighted by molar-refractivity contribution is 5.94. The molecule has 0 fully saturated rings. The number of hydrogen-bond donors (Lipinski definition) is 1. The Balaban J connectivity index is 1.74. The Labute approximate surface area is 150 Å². The number of halogens is 1. The van der Waals surface area contributed by atoms with Crippen LogP contribution in [0, 0.1) is 5.82 Å². The SMILES string of the molecule is CCOc1ccc(C2CC(=O)Nc3c2cnn3-c2cccc(F)c2)cc1. The molecule has 0 radical (unpaired) electrons. The van der Waals surface area contributed by atoms with Gasteiger partial charge in [-0.15, -0.1) is 0 Å². The van der Waals surface area contributed by atoms with Crippen molar-refractivity contribution in [1.82, 2.24) is 9.78 Å². The first kappa shape index (κ1) is 16.3. The van der Waals surface area contributed by atoms with Gasteiger partial charge in [0.25, 0.3) is 0 Å². The van der Waals surface area contributed by atoms with Gasteiger partial charge in [-0.3, -0.25) is 4.79 Å². The van der Waals surface area contributed by atoms with Gasteiger partial charge in [-0.05, 0) is 42.8 Å². The van der Waals surface area contributed by atoms with E-state index in [1.807, 2.05) is 31.2 Å². The fraction of sp³-hybridized carbons (Fsp3) is 0.200. The van der Waals surface area contributed by atoms with Crippen molar-refractivity contribution in [2.24, 2.45) is 0 Å². The van der Waals surface area contributed by atoms with Crippen LogP contribution in [0.3, 0.4) is 0 Å². The summed E-state index contributed by atoms with van der Waals surface area (Å²) in [7, 11) is 0. The van der Waals surface area contributed by atoms with Crippen LogP contribution >= 0.6 is 0 Å². The average Bonchev–Trinajstić information content (AvgIpc) is 3.06. The molecule has 132 valence electrons. The molecule has 1 N–H and O–H groups in total. The summed E-state index contributed by atoms with van der Waals surface area (Å²) in [5.74, 6) is 0.848. The van der Waals surface area contributed by atoms with Crippen LogP contribution in [0.1, 0.15) is 30.4 Å². The van der Waals surface area contributed by atoms with Gasteiger partial charge in [0.1, 0.15) is 17.4 Å². The van der Waals surface area contributed by atoms with Gasteiger partial charge in [-0.25, -0.2) is 9.07 Å². The summed E-state index contributed by atoms with van der Waals surface area (Å²) in [5.41, 5.74) is 2.50. The average molecular weight is 351 g/mol. The molecule has 26 heavy (non-hydrogen) atoms. The molecule has 1 amide bonds. The van der Waals surface area contributed by atoms with Gasteiger partial charge >= 0.3 is 0 Å². The summed E-state index contributed by atoms with van der Waals surface area (Å²) in [5, 5.41) is 7.25. The number of hydrogen-bond acceptors (Lipinski definition) is 3. The van der Waals surface area contributed by atoms with Crippen molar-refractivity contribution in [1.29, 1.82) is 0 Å². The number of rotatable bonds is 4. The molecular weight excluding hydrogens is 333 g/mol. The summed E-state index contributed by atoms with van der Waals surface area (Å²) in [6.07, 6.45) is 2.08. The summed E-state index contributed by atoms with van der Waals surface area (Å²) < 4.78 is 20.6. The predicted molar refractivity (Wildman–Crippen MR) is 96.2 cm³/mol. The van der Waals surface area contributed by atoms with E-state index in [2.05, 4.69) is 10.4 Å². The Morgan fingerprint density at radius 3 is 2.81 bits per heavy atom. The molecule has 1 aliphatic rings. The number of anilines is 1. The number of amides is 1. The Morgan fingerprint density at radius 1 is 1.27 bits per heavy atom. The maximum atomic E-state index is 13.6. The standard InChI is InChI=1S/C20H18FN3O2/c1-2-26-16-8-6-13(7-9-16)17-11-19(25)23-20-18(17)12-22-24(20)15-5-3-4-14(21)10-15/h3-10,12,17H,2,11H2,1H3,(H,23,25). The molecule has 5 nitrogen and oxygen atoms in total. The molecule has 1 aliphatic heterocycles. The molecule has 2 heterocycles. The van der Waals surface area contributed by atoms with Gasteiger partial charge in [0.05, 0.1) is 18.5 Å². The normalized spacial score (nSPS) is 16.1. The lowest BCUT2D eigenvalue weighted by molar-refractivity contribution is -0.116. The highest BCUT2D eigenvalue weighted by Crippen LogP contribution is 2.38. The van der Waals surface area contributed by atoms with Crippen molar-refractivity contribution in [2.75, 3.05) is 11.9 Å². The van der Waals surface area contributed by atoms with Crippen molar-refractivity contribution in [3.8, 4) is 11.4 Å². The number of carbonyl (C=O) groups excluding carboxylic acids is 1. The monoisotopic (exact) mass is 351 g/mol. The zero-order valence-electron chi connectivity index (χ0n) is 14.3. The Bertz CT molecular complexity index is 950. The maximum Gasteiger partial charge on any atom is 0.226 e. The lowest BCUT2D eigenvalue weighted by atomic mass is 9.87. The van der Waals surface area contributed by atoms with Gasteiger partial charge < -0.3 is 10.1 Å². The van der Waals surface area contributed by atoms with Gasteiger partial charge in [-0.2, -0.15) is 5.10 Å². The van der Waals surface area contributed by atoms with E-state index >= 15 is 0 Å². The number of benzene rings is 2. The molecule has 3 aromatic rings. The third kappa shape index (κ3) is 2.94. The smallest absolute Gasteiger partial charge is 0.226 e. The number of fused-ring (bicyclic) bond motifs is 1. The minimum atomic E-state index is -0.350. The third-order valence-electron chi connectivity index (χ3n) is 4.47. The molecule has 0 spiro atoms. The zero-order chi connectivity index (χ0) is 18.1. The number of nitrogens with zero attached hydrogens (tertiary/aromatic N) is 2. The summed E-state index contributed by atoms with van der Waals surface area (Å²) >= 11 is 0. The van der Waals surface area contributed by atoms with Gasteiger partial charge in [0.15, 0.2) is 0 Å². The van der Waals surface area contributed by atoms with Crippen LogP contribution in [0.25, 0.3) is 5.69 Å². The number of aromatic nitrogens is 2. The lowest BCUT2D eigenvalue weighted by Crippen LogP contribution is -2.24. The van der Waals surface area contributed by atoms with E-state index in [1.54, 1.807) is 23.0 Å². The van der Waals surface area contributed by atoms with Crippen LogP contribution in [0.5, 0.6) is 5.75 Å². The van der Waals surface area contributed by atoms with E-state index < -0.39 is 0 Å². The Hall–Kier alpha value is -3.15. The molecule has 2 aromatic carbocycles. The predicted octanol–water partition coefficient (Wildman–Crippen LogP) is 3.88. The van der Waals surface area contributed by atoms with E-state index in [0.29, 0.717) is 24.5 Å². The first-order valence-corrected chi connectivity index (χ1v) is 8.52. The van der Waals surface area contributed by atoms with E-state index in [-0.39, 0.29) is 17.6 Å². The zero-order valence-corrected chi connectivity index (χ0v) is 14.3. The highest BCUT2D eigenvalue weighted by atomic mass is 19.1. The quantitative estimate of drug-likeness (QED) is 0.776. The van der Waals surface area contributed by atoms with Crippen LogP contribution in [0.2, 0.25) is 0 Å².